The molecule has 0 saturated carbocycles. The van der Waals surface area contributed by atoms with Crippen molar-refractivity contribution in [3.8, 4) is 0 Å². The molecule has 0 aliphatic rings. The minimum atomic E-state index is -0.551. The molecule has 1 aromatic carbocycles. The van der Waals surface area contributed by atoms with Crippen LogP contribution in [0.3, 0.4) is 0 Å². The molecule has 1 aromatic heterocycles. The third kappa shape index (κ3) is 4.92. The van der Waals surface area contributed by atoms with E-state index in [-0.39, 0.29) is 6.03 Å². The molecule has 3 N–H and O–H groups in total. The number of hydrogen-bond donors (Lipinski definition) is 3. The lowest BCUT2D eigenvalue weighted by molar-refractivity contribution is 0.199. The molecule has 0 radical (unpaired) electrons. The number of nitrogens with zero attached hydrogens (tertiary/aromatic N) is 2. The monoisotopic (exact) mass is 288 g/mol. The van der Waals surface area contributed by atoms with Crippen molar-refractivity contribution in [1.29, 1.82) is 0 Å². The van der Waals surface area contributed by atoms with Gasteiger partial charge in [0.1, 0.15) is 0 Å². The van der Waals surface area contributed by atoms with Crippen LogP contribution in [0.25, 0.3) is 0 Å². The molecule has 0 saturated heterocycles. The predicted molar refractivity (Wildman–Crippen MR) is 80.9 cm³/mol. The highest BCUT2D eigenvalue weighted by atomic mass is 16.3. The number of aliphatic hydroxyl groups excluding tert-OH is 1. The summed E-state index contributed by atoms with van der Waals surface area (Å²) in [4.78, 5) is 15.7. The van der Waals surface area contributed by atoms with Crippen molar-refractivity contribution >= 4 is 11.7 Å². The summed E-state index contributed by atoms with van der Waals surface area (Å²) in [5.74, 6) is 0. The van der Waals surface area contributed by atoms with Gasteiger partial charge in [-0.1, -0.05) is 12.1 Å². The highest BCUT2D eigenvalue weighted by Crippen LogP contribution is 2.16. The molecular weight excluding hydrogens is 268 g/mol. The van der Waals surface area contributed by atoms with Crippen LogP contribution in [-0.2, 0) is 6.54 Å². The normalized spacial score (nSPS) is 11.9. The summed E-state index contributed by atoms with van der Waals surface area (Å²) in [6.07, 6.45) is 5.65. The second-order valence-corrected chi connectivity index (χ2v) is 4.84. The lowest BCUT2D eigenvalue weighted by Gasteiger charge is -2.10. The number of rotatable bonds is 6. The smallest absolute Gasteiger partial charge is 0.319 e. The van der Waals surface area contributed by atoms with E-state index in [4.69, 9.17) is 0 Å². The van der Waals surface area contributed by atoms with Crippen molar-refractivity contribution in [2.75, 3.05) is 11.9 Å². The second-order valence-electron chi connectivity index (χ2n) is 4.84. The zero-order valence-corrected chi connectivity index (χ0v) is 12.0. The minimum absolute atomic E-state index is 0.247. The Morgan fingerprint density at radius 3 is 3.05 bits per heavy atom. The van der Waals surface area contributed by atoms with Crippen molar-refractivity contribution in [3.05, 3.63) is 48.5 Å². The third-order valence-corrected chi connectivity index (χ3v) is 3.06. The van der Waals surface area contributed by atoms with Gasteiger partial charge in [0.05, 0.1) is 12.4 Å². The zero-order chi connectivity index (χ0) is 15.1. The molecule has 112 valence electrons. The number of aryl methyl sites for hydroxylation is 1. The van der Waals surface area contributed by atoms with Crippen LogP contribution in [0.15, 0.2) is 43.0 Å². The van der Waals surface area contributed by atoms with Gasteiger partial charge in [-0.15, -0.1) is 0 Å². The Bertz CT molecular complexity index is 567. The van der Waals surface area contributed by atoms with Crippen LogP contribution in [0.2, 0.25) is 0 Å². The fourth-order valence-corrected chi connectivity index (χ4v) is 1.93. The Kier molecular flexibility index (Phi) is 5.34. The number of benzene rings is 1. The number of nitrogens with one attached hydrogen (secondary N) is 2. The molecule has 0 fully saturated rings. The summed E-state index contributed by atoms with van der Waals surface area (Å²) < 4.78 is 1.96. The zero-order valence-electron chi connectivity index (χ0n) is 12.0. The first kappa shape index (κ1) is 15.1. The van der Waals surface area contributed by atoms with Crippen LogP contribution < -0.4 is 10.6 Å². The Morgan fingerprint density at radius 1 is 1.48 bits per heavy atom. The molecule has 0 aliphatic heterocycles. The van der Waals surface area contributed by atoms with E-state index in [0.717, 1.165) is 18.5 Å². The van der Waals surface area contributed by atoms with Gasteiger partial charge in [-0.2, -0.15) is 0 Å². The van der Waals surface area contributed by atoms with Crippen LogP contribution in [-0.4, -0.2) is 27.2 Å². The Balaban J connectivity index is 1.72. The van der Waals surface area contributed by atoms with E-state index in [0.29, 0.717) is 12.2 Å². The van der Waals surface area contributed by atoms with E-state index in [1.54, 1.807) is 37.6 Å². The number of aromatic nitrogens is 2. The van der Waals surface area contributed by atoms with E-state index >= 15 is 0 Å². The van der Waals surface area contributed by atoms with Gasteiger partial charge in [0, 0.05) is 31.2 Å². The standard InChI is InChI=1S/C15H20N4O2/c1-12(20)13-4-2-5-14(10-13)18-15(21)17-6-3-8-19-9-7-16-11-19/h2,4-5,7,9-12,20H,3,6,8H2,1H3,(H2,17,18,21). The van der Waals surface area contributed by atoms with Crippen molar-refractivity contribution in [3.63, 3.8) is 0 Å². The average Bonchev–Trinajstić information content (AvgIpc) is 2.97. The number of carbonyl (C=O) groups excluding carboxylic acids is 1. The topological polar surface area (TPSA) is 79.2 Å². The molecule has 2 aromatic rings. The number of aliphatic hydroxyl groups is 1. The minimum Gasteiger partial charge on any atom is -0.389 e. The molecule has 0 aliphatic carbocycles. The van der Waals surface area contributed by atoms with Gasteiger partial charge in [-0.3, -0.25) is 0 Å². The Hall–Kier alpha value is -2.34. The maximum absolute atomic E-state index is 11.8. The number of imidazole rings is 1. The van der Waals surface area contributed by atoms with Crippen molar-refractivity contribution in [1.82, 2.24) is 14.9 Å². The van der Waals surface area contributed by atoms with E-state index in [1.807, 2.05) is 16.8 Å². The first-order chi connectivity index (χ1) is 10.1. The van der Waals surface area contributed by atoms with Gasteiger partial charge in [-0.25, -0.2) is 9.78 Å². The van der Waals surface area contributed by atoms with Crippen LogP contribution >= 0.6 is 0 Å². The Labute approximate surface area is 123 Å². The SMILES string of the molecule is CC(O)c1cccc(NC(=O)NCCCn2ccnc2)c1. The van der Waals surface area contributed by atoms with Crippen molar-refractivity contribution < 1.29 is 9.90 Å². The molecule has 2 amide bonds. The van der Waals surface area contributed by atoms with E-state index in [1.165, 1.54) is 0 Å². The fourth-order valence-electron chi connectivity index (χ4n) is 1.93. The van der Waals surface area contributed by atoms with Gasteiger partial charge in [0.15, 0.2) is 0 Å². The van der Waals surface area contributed by atoms with Gasteiger partial charge >= 0.3 is 6.03 Å². The summed E-state index contributed by atoms with van der Waals surface area (Å²) >= 11 is 0. The summed E-state index contributed by atoms with van der Waals surface area (Å²) in [6.45, 7) is 3.09. The molecule has 6 heteroatoms. The van der Waals surface area contributed by atoms with Gasteiger partial charge in [0.25, 0.3) is 0 Å². The van der Waals surface area contributed by atoms with E-state index in [9.17, 15) is 9.90 Å². The first-order valence-electron chi connectivity index (χ1n) is 6.94. The number of anilines is 1. The van der Waals surface area contributed by atoms with Crippen molar-refractivity contribution in [2.45, 2.75) is 26.0 Å². The molecule has 1 unspecified atom stereocenters. The quantitative estimate of drug-likeness (QED) is 0.713. The second kappa shape index (κ2) is 7.44. The molecule has 2 rings (SSSR count). The predicted octanol–water partition coefficient (Wildman–Crippen LogP) is 2.15. The highest BCUT2D eigenvalue weighted by Gasteiger charge is 2.04. The number of amides is 2. The summed E-state index contributed by atoms with van der Waals surface area (Å²) in [5.41, 5.74) is 1.44. The highest BCUT2D eigenvalue weighted by molar-refractivity contribution is 5.89. The van der Waals surface area contributed by atoms with Crippen LogP contribution in [0.5, 0.6) is 0 Å². The van der Waals surface area contributed by atoms with E-state index in [2.05, 4.69) is 15.6 Å². The van der Waals surface area contributed by atoms with Gasteiger partial charge in [-0.05, 0) is 31.0 Å². The summed E-state index contributed by atoms with van der Waals surface area (Å²) in [7, 11) is 0. The molecule has 0 spiro atoms. The van der Waals surface area contributed by atoms with E-state index < -0.39 is 6.10 Å². The molecule has 1 heterocycles. The molecule has 21 heavy (non-hydrogen) atoms. The van der Waals surface area contributed by atoms with Gasteiger partial charge < -0.3 is 20.3 Å². The van der Waals surface area contributed by atoms with Crippen molar-refractivity contribution in [2.24, 2.45) is 0 Å². The summed E-state index contributed by atoms with van der Waals surface area (Å²) in [6, 6.07) is 6.92. The first-order valence-corrected chi connectivity index (χ1v) is 6.94. The molecule has 6 nitrogen and oxygen atoms in total. The number of urea groups is 1. The Morgan fingerprint density at radius 2 is 2.33 bits per heavy atom. The maximum Gasteiger partial charge on any atom is 0.319 e. The average molecular weight is 288 g/mol. The molecule has 0 bridgehead atoms. The van der Waals surface area contributed by atoms with Crippen LogP contribution in [0.4, 0.5) is 10.5 Å². The lowest BCUT2D eigenvalue weighted by atomic mass is 10.1. The third-order valence-electron chi connectivity index (χ3n) is 3.06. The number of hydrogen-bond acceptors (Lipinski definition) is 3. The largest absolute Gasteiger partial charge is 0.389 e. The fraction of sp³-hybridized carbons (Fsp3) is 0.333. The van der Waals surface area contributed by atoms with Crippen LogP contribution in [0, 0.1) is 0 Å². The molecular formula is C15H20N4O2. The molecule has 1 atom stereocenters. The number of carbonyl (C=O) groups is 1. The maximum atomic E-state index is 11.8. The summed E-state index contributed by atoms with van der Waals surface area (Å²) in [5, 5.41) is 15.1. The van der Waals surface area contributed by atoms with Gasteiger partial charge in [0.2, 0.25) is 0 Å². The van der Waals surface area contributed by atoms with Crippen LogP contribution in [0.1, 0.15) is 25.0 Å². The lowest BCUT2D eigenvalue weighted by Crippen LogP contribution is -2.30.